The average molecular weight is 411 g/mol. The van der Waals surface area contributed by atoms with Crippen LogP contribution in [-0.4, -0.2) is 28.8 Å². The molecule has 4 rings (SSSR count). The summed E-state index contributed by atoms with van der Waals surface area (Å²) in [7, 11) is 1.61. The Kier molecular flexibility index (Phi) is 5.56. The fraction of sp³-hybridized carbons (Fsp3) is 0.391. The average Bonchev–Trinajstić information content (AvgIpc) is 3.09. The lowest BCUT2D eigenvalue weighted by Crippen LogP contribution is -2.12. The molecule has 0 saturated carbocycles. The van der Waals surface area contributed by atoms with Crippen molar-refractivity contribution < 1.29 is 14.6 Å². The molecule has 0 bridgehead atoms. The molecule has 5 nitrogen and oxygen atoms in total. The highest BCUT2D eigenvalue weighted by Crippen LogP contribution is 2.45. The minimum atomic E-state index is -0.631. The number of rotatable bonds is 6. The molecule has 152 valence electrons. The van der Waals surface area contributed by atoms with Crippen molar-refractivity contribution in [3.05, 3.63) is 52.4 Å². The van der Waals surface area contributed by atoms with Crippen LogP contribution in [0.2, 0.25) is 0 Å². The number of hydrogen-bond acceptors (Lipinski definition) is 6. The second-order valence-corrected chi connectivity index (χ2v) is 8.38. The van der Waals surface area contributed by atoms with E-state index in [4.69, 9.17) is 14.5 Å². The van der Waals surface area contributed by atoms with Crippen LogP contribution in [0.5, 0.6) is 5.88 Å². The fourth-order valence-electron chi connectivity index (χ4n) is 4.20. The van der Waals surface area contributed by atoms with Crippen LogP contribution in [0.3, 0.4) is 0 Å². The lowest BCUT2D eigenvalue weighted by Gasteiger charge is -2.23. The summed E-state index contributed by atoms with van der Waals surface area (Å²) in [5, 5.41) is 11.5. The number of hydrogen-bond donors (Lipinski definition) is 1. The predicted molar refractivity (Wildman–Crippen MR) is 117 cm³/mol. The summed E-state index contributed by atoms with van der Waals surface area (Å²) >= 11 is 1.79. The van der Waals surface area contributed by atoms with Crippen molar-refractivity contribution in [3.8, 4) is 17.0 Å². The van der Waals surface area contributed by atoms with Gasteiger partial charge in [0, 0.05) is 51.5 Å². The molecule has 0 unspecified atom stereocenters. The van der Waals surface area contributed by atoms with Crippen molar-refractivity contribution in [1.82, 2.24) is 9.97 Å². The Morgan fingerprint density at radius 2 is 2.10 bits per heavy atom. The van der Waals surface area contributed by atoms with E-state index in [0.717, 1.165) is 40.1 Å². The lowest BCUT2D eigenvalue weighted by atomic mass is 9.88. The summed E-state index contributed by atoms with van der Waals surface area (Å²) in [6.45, 7) is 8.13. The second-order valence-electron chi connectivity index (χ2n) is 7.29. The van der Waals surface area contributed by atoms with Crippen LogP contribution in [0.25, 0.3) is 21.3 Å². The normalized spacial score (nSPS) is 14.6. The number of ether oxygens (including phenoxy) is 2. The molecule has 0 aliphatic heterocycles. The first kappa shape index (κ1) is 19.9. The highest BCUT2D eigenvalue weighted by Gasteiger charge is 2.28. The predicted octanol–water partition coefficient (Wildman–Crippen LogP) is 5.70. The third-order valence-corrected chi connectivity index (χ3v) is 6.65. The number of aliphatic hydroxyl groups excluding tert-OH is 1. The molecule has 0 aromatic carbocycles. The van der Waals surface area contributed by atoms with Crippen LogP contribution in [0.4, 0.5) is 0 Å². The van der Waals surface area contributed by atoms with Gasteiger partial charge in [-0.1, -0.05) is 6.58 Å². The van der Waals surface area contributed by atoms with Crippen molar-refractivity contribution >= 4 is 21.6 Å². The number of aromatic nitrogens is 2. The Hall–Kier alpha value is -2.44. The molecule has 3 aromatic rings. The Bertz CT molecular complexity index is 1060. The van der Waals surface area contributed by atoms with Crippen molar-refractivity contribution in [3.63, 3.8) is 0 Å². The van der Waals surface area contributed by atoms with Gasteiger partial charge in [-0.05, 0) is 51.2 Å². The Balaban J connectivity index is 2.07. The van der Waals surface area contributed by atoms with E-state index in [2.05, 4.69) is 11.6 Å². The van der Waals surface area contributed by atoms with Crippen LogP contribution in [0.1, 0.15) is 47.6 Å². The van der Waals surface area contributed by atoms with Gasteiger partial charge in [0.25, 0.3) is 0 Å². The van der Waals surface area contributed by atoms with E-state index in [1.165, 1.54) is 28.7 Å². The minimum absolute atomic E-state index is 0.0112. The van der Waals surface area contributed by atoms with Crippen LogP contribution in [0.15, 0.2) is 30.7 Å². The summed E-state index contributed by atoms with van der Waals surface area (Å²) in [6, 6.07) is 3.88. The third kappa shape index (κ3) is 3.51. The van der Waals surface area contributed by atoms with E-state index < -0.39 is 6.10 Å². The molecule has 0 saturated heterocycles. The Morgan fingerprint density at radius 1 is 1.31 bits per heavy atom. The number of aryl methyl sites for hydroxylation is 3. The van der Waals surface area contributed by atoms with Crippen LogP contribution in [-0.2, 0) is 17.6 Å². The monoisotopic (exact) mass is 410 g/mol. The summed E-state index contributed by atoms with van der Waals surface area (Å²) in [4.78, 5) is 11.8. The van der Waals surface area contributed by atoms with Crippen molar-refractivity contribution in [2.24, 2.45) is 0 Å². The lowest BCUT2D eigenvalue weighted by molar-refractivity contribution is 0.0580. The molecular weight excluding hydrogens is 384 g/mol. The number of aliphatic hydroxyl groups is 1. The van der Waals surface area contributed by atoms with Gasteiger partial charge in [-0.25, -0.2) is 9.97 Å². The standard InChI is InChI=1S/C23H26N2O3S/c1-5-28-22(14(3)26)19-13(2)25-23-21(16-8-6-7-9-17(16)29-23)20(19)15-10-11-18(27-4)24-12-15/h10-12,22,26H,3,5-9H2,1-2,4H3/t22-/m1/s1. The second kappa shape index (κ2) is 8.13. The first-order valence-corrected chi connectivity index (χ1v) is 10.8. The largest absolute Gasteiger partial charge is 0.510 e. The van der Waals surface area contributed by atoms with Crippen LogP contribution >= 0.6 is 11.3 Å². The molecule has 3 heterocycles. The van der Waals surface area contributed by atoms with Crippen LogP contribution < -0.4 is 4.74 Å². The van der Waals surface area contributed by atoms with Crippen LogP contribution in [0, 0.1) is 6.92 Å². The molecule has 1 aliphatic rings. The Morgan fingerprint density at radius 3 is 2.76 bits per heavy atom. The van der Waals surface area contributed by atoms with Crippen molar-refractivity contribution in [2.45, 2.75) is 45.6 Å². The quantitative estimate of drug-likeness (QED) is 0.528. The van der Waals surface area contributed by atoms with Gasteiger partial charge in [0.1, 0.15) is 16.7 Å². The van der Waals surface area contributed by atoms with Crippen molar-refractivity contribution in [2.75, 3.05) is 13.7 Å². The zero-order valence-electron chi connectivity index (χ0n) is 17.1. The first-order valence-electron chi connectivity index (χ1n) is 9.99. The smallest absolute Gasteiger partial charge is 0.212 e. The molecular formula is C23H26N2O3S. The van der Waals surface area contributed by atoms with Gasteiger partial charge in [0.15, 0.2) is 0 Å². The fourth-order valence-corrected chi connectivity index (χ4v) is 5.52. The number of nitrogens with zero attached hydrogens (tertiary/aromatic N) is 2. The first-order chi connectivity index (χ1) is 14.0. The van der Waals surface area contributed by atoms with E-state index in [-0.39, 0.29) is 5.76 Å². The molecule has 0 fully saturated rings. The molecule has 1 atom stereocenters. The summed E-state index contributed by atoms with van der Waals surface area (Å²) in [5.74, 6) is 0.556. The van der Waals surface area contributed by atoms with Gasteiger partial charge < -0.3 is 14.6 Å². The Labute approximate surface area is 175 Å². The van der Waals surface area contributed by atoms with Gasteiger partial charge in [-0.2, -0.15) is 0 Å². The summed E-state index contributed by atoms with van der Waals surface area (Å²) in [5.41, 5.74) is 5.10. The van der Waals surface area contributed by atoms with Gasteiger partial charge in [-0.15, -0.1) is 11.3 Å². The van der Waals surface area contributed by atoms with Gasteiger partial charge in [0.2, 0.25) is 5.88 Å². The highest BCUT2D eigenvalue weighted by atomic mass is 32.1. The highest BCUT2D eigenvalue weighted by molar-refractivity contribution is 7.19. The van der Waals surface area contributed by atoms with E-state index in [0.29, 0.717) is 12.5 Å². The zero-order valence-corrected chi connectivity index (χ0v) is 17.9. The topological polar surface area (TPSA) is 64.5 Å². The number of thiophene rings is 1. The molecule has 0 amide bonds. The maximum atomic E-state index is 10.4. The molecule has 1 aliphatic carbocycles. The summed E-state index contributed by atoms with van der Waals surface area (Å²) < 4.78 is 11.2. The molecule has 1 N–H and O–H groups in total. The molecule has 3 aromatic heterocycles. The SMILES string of the molecule is C=C(O)[C@@H](OCC)c1c(C)nc2sc3c(c2c1-c1ccc(OC)nc1)CCCC3. The molecule has 29 heavy (non-hydrogen) atoms. The zero-order chi connectivity index (χ0) is 20.5. The molecule has 6 heteroatoms. The maximum Gasteiger partial charge on any atom is 0.212 e. The van der Waals surface area contributed by atoms with Gasteiger partial charge >= 0.3 is 0 Å². The minimum Gasteiger partial charge on any atom is -0.510 e. The third-order valence-electron chi connectivity index (χ3n) is 5.46. The number of pyridine rings is 2. The number of methoxy groups -OCH3 is 1. The van der Waals surface area contributed by atoms with Gasteiger partial charge in [-0.3, -0.25) is 0 Å². The maximum absolute atomic E-state index is 10.4. The van der Waals surface area contributed by atoms with E-state index in [9.17, 15) is 5.11 Å². The van der Waals surface area contributed by atoms with E-state index in [1.54, 1.807) is 18.4 Å². The van der Waals surface area contributed by atoms with E-state index in [1.807, 2.05) is 32.2 Å². The summed E-state index contributed by atoms with van der Waals surface area (Å²) in [6.07, 6.45) is 5.76. The molecule has 0 spiro atoms. The van der Waals surface area contributed by atoms with Gasteiger partial charge in [0.05, 0.1) is 7.11 Å². The van der Waals surface area contributed by atoms with Crippen molar-refractivity contribution in [1.29, 1.82) is 0 Å². The molecule has 0 radical (unpaired) electrons. The number of fused-ring (bicyclic) bond motifs is 3. The van der Waals surface area contributed by atoms with E-state index >= 15 is 0 Å².